The molecule has 1 amide bonds. The SMILES string of the molecule is O=C(NCC#Cc1cnc2ncccn12)OCC1c2ccccc2-c2ccccc21. The van der Waals surface area contributed by atoms with Gasteiger partial charge in [0.15, 0.2) is 0 Å². The summed E-state index contributed by atoms with van der Waals surface area (Å²) in [5, 5.41) is 2.68. The molecule has 1 N–H and O–H groups in total. The highest BCUT2D eigenvalue weighted by Crippen LogP contribution is 2.44. The molecule has 2 aromatic heterocycles. The van der Waals surface area contributed by atoms with Crippen molar-refractivity contribution in [1.29, 1.82) is 0 Å². The molecular weight excluding hydrogens is 376 g/mol. The van der Waals surface area contributed by atoms with Crippen molar-refractivity contribution in [3.63, 3.8) is 0 Å². The monoisotopic (exact) mass is 394 g/mol. The van der Waals surface area contributed by atoms with Crippen molar-refractivity contribution < 1.29 is 9.53 Å². The van der Waals surface area contributed by atoms with Crippen molar-refractivity contribution >= 4 is 11.9 Å². The fraction of sp³-hybridized carbons (Fsp3) is 0.125. The molecule has 2 heterocycles. The average molecular weight is 394 g/mol. The summed E-state index contributed by atoms with van der Waals surface area (Å²) >= 11 is 0. The summed E-state index contributed by atoms with van der Waals surface area (Å²) in [5.41, 5.74) is 5.50. The second kappa shape index (κ2) is 7.72. The van der Waals surface area contributed by atoms with Crippen LogP contribution in [0.1, 0.15) is 22.7 Å². The second-order valence-corrected chi connectivity index (χ2v) is 6.91. The van der Waals surface area contributed by atoms with Crippen LogP contribution in [0.2, 0.25) is 0 Å². The van der Waals surface area contributed by atoms with Gasteiger partial charge in [0.1, 0.15) is 12.3 Å². The highest BCUT2D eigenvalue weighted by atomic mass is 16.5. The predicted octanol–water partition coefficient (Wildman–Crippen LogP) is 3.62. The van der Waals surface area contributed by atoms with Gasteiger partial charge in [0, 0.05) is 18.3 Å². The van der Waals surface area contributed by atoms with E-state index < -0.39 is 6.09 Å². The number of carbonyl (C=O) groups is 1. The third-order valence-electron chi connectivity index (χ3n) is 5.17. The maximum absolute atomic E-state index is 12.2. The molecule has 6 heteroatoms. The lowest BCUT2D eigenvalue weighted by atomic mass is 9.98. The zero-order valence-electron chi connectivity index (χ0n) is 16.1. The fourth-order valence-corrected chi connectivity index (χ4v) is 3.82. The molecule has 4 aromatic rings. The van der Waals surface area contributed by atoms with Crippen LogP contribution in [0.3, 0.4) is 0 Å². The first-order valence-corrected chi connectivity index (χ1v) is 9.67. The van der Waals surface area contributed by atoms with Gasteiger partial charge in [-0.25, -0.2) is 14.8 Å². The summed E-state index contributed by atoms with van der Waals surface area (Å²) in [4.78, 5) is 20.5. The number of amides is 1. The molecule has 0 spiro atoms. The van der Waals surface area contributed by atoms with Crippen LogP contribution in [-0.2, 0) is 4.74 Å². The van der Waals surface area contributed by atoms with E-state index in [2.05, 4.69) is 51.4 Å². The smallest absolute Gasteiger partial charge is 0.407 e. The highest BCUT2D eigenvalue weighted by molar-refractivity contribution is 5.79. The molecule has 5 rings (SSSR count). The van der Waals surface area contributed by atoms with Crippen LogP contribution in [0.15, 0.2) is 73.2 Å². The van der Waals surface area contributed by atoms with Crippen molar-refractivity contribution in [2.45, 2.75) is 5.92 Å². The van der Waals surface area contributed by atoms with Crippen molar-refractivity contribution in [3.05, 3.63) is 90.0 Å². The molecule has 146 valence electrons. The lowest BCUT2D eigenvalue weighted by molar-refractivity contribution is 0.144. The second-order valence-electron chi connectivity index (χ2n) is 6.91. The van der Waals surface area contributed by atoms with Crippen LogP contribution in [0.5, 0.6) is 0 Å². The van der Waals surface area contributed by atoms with Gasteiger partial charge in [0.05, 0.1) is 12.7 Å². The molecule has 0 saturated carbocycles. The summed E-state index contributed by atoms with van der Waals surface area (Å²) in [6, 6.07) is 18.3. The first-order chi connectivity index (χ1) is 14.8. The van der Waals surface area contributed by atoms with Gasteiger partial charge >= 0.3 is 6.09 Å². The van der Waals surface area contributed by atoms with Crippen molar-refractivity contribution in [2.75, 3.05) is 13.2 Å². The van der Waals surface area contributed by atoms with E-state index in [0.29, 0.717) is 11.5 Å². The minimum absolute atomic E-state index is 0.0416. The van der Waals surface area contributed by atoms with Gasteiger partial charge in [-0.15, -0.1) is 0 Å². The Bertz CT molecular complexity index is 1250. The molecule has 1 aliphatic carbocycles. The standard InChI is InChI=1S/C24H18N4O2/c29-24(26-12-5-7-17-15-27-23-25-13-6-14-28(17)23)30-16-22-20-10-3-1-8-18(20)19-9-2-4-11-21(19)22/h1-4,6,8-11,13-15,22H,12,16H2,(H,26,29). The molecular formula is C24H18N4O2. The van der Waals surface area contributed by atoms with Gasteiger partial charge in [0.2, 0.25) is 5.78 Å². The minimum Gasteiger partial charge on any atom is -0.449 e. The largest absolute Gasteiger partial charge is 0.449 e. The number of hydrogen-bond acceptors (Lipinski definition) is 4. The Morgan fingerprint density at radius 3 is 2.53 bits per heavy atom. The molecule has 6 nitrogen and oxygen atoms in total. The van der Waals surface area contributed by atoms with Gasteiger partial charge in [-0.2, -0.15) is 0 Å². The Balaban J connectivity index is 1.21. The molecule has 0 bridgehead atoms. The van der Waals surface area contributed by atoms with Crippen LogP contribution in [-0.4, -0.2) is 33.6 Å². The van der Waals surface area contributed by atoms with Gasteiger partial charge < -0.3 is 10.1 Å². The van der Waals surface area contributed by atoms with Crippen LogP contribution in [0, 0.1) is 11.8 Å². The van der Waals surface area contributed by atoms with Crippen molar-refractivity contribution in [3.8, 4) is 23.0 Å². The van der Waals surface area contributed by atoms with Crippen molar-refractivity contribution in [2.24, 2.45) is 0 Å². The molecule has 30 heavy (non-hydrogen) atoms. The van der Waals surface area contributed by atoms with Crippen LogP contribution >= 0.6 is 0 Å². The Morgan fingerprint density at radius 1 is 1.03 bits per heavy atom. The van der Waals surface area contributed by atoms with E-state index in [1.54, 1.807) is 16.8 Å². The number of aromatic nitrogens is 3. The van der Waals surface area contributed by atoms with E-state index in [-0.39, 0.29) is 19.1 Å². The van der Waals surface area contributed by atoms with Crippen LogP contribution in [0.4, 0.5) is 4.79 Å². The number of nitrogens with zero attached hydrogens (tertiary/aromatic N) is 3. The molecule has 0 radical (unpaired) electrons. The Kier molecular flexibility index (Phi) is 4.62. The Labute approximate surface area is 173 Å². The third kappa shape index (κ3) is 3.27. The zero-order valence-corrected chi connectivity index (χ0v) is 16.1. The van der Waals surface area contributed by atoms with E-state index in [9.17, 15) is 4.79 Å². The predicted molar refractivity (Wildman–Crippen MR) is 113 cm³/mol. The fourth-order valence-electron chi connectivity index (χ4n) is 3.82. The third-order valence-corrected chi connectivity index (χ3v) is 5.17. The Hall–Kier alpha value is -4.11. The first kappa shape index (κ1) is 18.0. The van der Waals surface area contributed by atoms with E-state index in [1.165, 1.54) is 22.3 Å². The van der Waals surface area contributed by atoms with Crippen LogP contribution in [0.25, 0.3) is 16.9 Å². The van der Waals surface area contributed by atoms with Gasteiger partial charge in [-0.1, -0.05) is 54.5 Å². The Morgan fingerprint density at radius 2 is 1.77 bits per heavy atom. The van der Waals surface area contributed by atoms with Crippen LogP contribution < -0.4 is 5.32 Å². The van der Waals surface area contributed by atoms with E-state index in [1.807, 2.05) is 36.5 Å². The molecule has 2 aromatic carbocycles. The lowest BCUT2D eigenvalue weighted by Crippen LogP contribution is -2.26. The zero-order chi connectivity index (χ0) is 20.3. The number of fused-ring (bicyclic) bond motifs is 4. The highest BCUT2D eigenvalue weighted by Gasteiger charge is 2.28. The lowest BCUT2D eigenvalue weighted by Gasteiger charge is -2.14. The number of nitrogens with one attached hydrogen (secondary N) is 1. The van der Waals surface area contributed by atoms with E-state index >= 15 is 0 Å². The average Bonchev–Trinajstić information content (AvgIpc) is 3.34. The number of rotatable bonds is 3. The van der Waals surface area contributed by atoms with Gasteiger partial charge in [-0.05, 0) is 34.2 Å². The van der Waals surface area contributed by atoms with Crippen molar-refractivity contribution in [1.82, 2.24) is 19.7 Å². The maximum Gasteiger partial charge on any atom is 0.407 e. The van der Waals surface area contributed by atoms with E-state index in [4.69, 9.17) is 4.74 Å². The number of hydrogen-bond donors (Lipinski definition) is 1. The molecule has 0 unspecified atom stereocenters. The summed E-state index contributed by atoms with van der Waals surface area (Å²) in [5.74, 6) is 6.54. The van der Waals surface area contributed by atoms with Gasteiger partial charge in [0.25, 0.3) is 0 Å². The number of carbonyl (C=O) groups excluding carboxylic acids is 1. The maximum atomic E-state index is 12.2. The summed E-state index contributed by atoms with van der Waals surface area (Å²) < 4.78 is 7.29. The summed E-state index contributed by atoms with van der Waals surface area (Å²) in [6.07, 6.45) is 4.70. The summed E-state index contributed by atoms with van der Waals surface area (Å²) in [7, 11) is 0. The number of imidazole rings is 1. The van der Waals surface area contributed by atoms with Gasteiger partial charge in [-0.3, -0.25) is 4.40 Å². The first-order valence-electron chi connectivity index (χ1n) is 9.67. The molecule has 0 fully saturated rings. The van der Waals surface area contributed by atoms with E-state index in [0.717, 1.165) is 0 Å². The number of benzene rings is 2. The molecule has 1 aliphatic rings. The molecule has 0 atom stereocenters. The number of ether oxygens (including phenoxy) is 1. The molecule has 0 aliphatic heterocycles. The topological polar surface area (TPSA) is 68.5 Å². The summed E-state index contributed by atoms with van der Waals surface area (Å²) in [6.45, 7) is 0.469. The number of alkyl carbamates (subject to hydrolysis) is 1. The molecule has 0 saturated heterocycles. The quantitative estimate of drug-likeness (QED) is 0.539. The minimum atomic E-state index is -0.481. The normalized spacial score (nSPS) is 12.0.